The Labute approximate surface area is 114 Å². The Morgan fingerprint density at radius 2 is 2.32 bits per heavy atom. The van der Waals surface area contributed by atoms with Crippen molar-refractivity contribution < 1.29 is 18.3 Å². The third-order valence-corrected chi connectivity index (χ3v) is 3.85. The highest BCUT2D eigenvalue weighted by Crippen LogP contribution is 2.23. The lowest BCUT2D eigenvalue weighted by Gasteiger charge is -2.31. The van der Waals surface area contributed by atoms with E-state index < -0.39 is 11.6 Å². The van der Waals surface area contributed by atoms with E-state index in [1.807, 2.05) is 6.92 Å². The van der Waals surface area contributed by atoms with Gasteiger partial charge in [-0.15, -0.1) is 11.8 Å². The largest absolute Gasteiger partial charge is 0.375 e. The van der Waals surface area contributed by atoms with Crippen molar-refractivity contribution in [3.63, 3.8) is 0 Å². The molecule has 0 saturated carbocycles. The van der Waals surface area contributed by atoms with E-state index in [2.05, 4.69) is 0 Å². The Balaban J connectivity index is 1.91. The monoisotopic (exact) mass is 287 g/mol. The maximum Gasteiger partial charge on any atom is 0.233 e. The van der Waals surface area contributed by atoms with Crippen molar-refractivity contribution in [3.8, 4) is 0 Å². The van der Waals surface area contributed by atoms with Gasteiger partial charge in [-0.05, 0) is 25.1 Å². The first-order chi connectivity index (χ1) is 9.06. The molecule has 0 spiro atoms. The third kappa shape index (κ3) is 3.91. The van der Waals surface area contributed by atoms with Gasteiger partial charge in [-0.1, -0.05) is 0 Å². The average Bonchev–Trinajstić information content (AvgIpc) is 2.39. The quantitative estimate of drug-likeness (QED) is 0.799. The smallest absolute Gasteiger partial charge is 0.233 e. The highest BCUT2D eigenvalue weighted by molar-refractivity contribution is 8.00. The molecule has 0 bridgehead atoms. The number of rotatable bonds is 3. The first-order valence-corrected chi connectivity index (χ1v) is 7.02. The van der Waals surface area contributed by atoms with Crippen molar-refractivity contribution in [2.75, 3.05) is 25.4 Å². The molecular weight excluding hydrogens is 272 g/mol. The molecule has 6 heteroatoms. The van der Waals surface area contributed by atoms with Crippen LogP contribution < -0.4 is 0 Å². The van der Waals surface area contributed by atoms with Crippen LogP contribution in [-0.2, 0) is 9.53 Å². The van der Waals surface area contributed by atoms with Gasteiger partial charge in [0.15, 0.2) is 0 Å². The number of benzene rings is 1. The number of hydrogen-bond donors (Lipinski definition) is 0. The number of amides is 1. The second-order valence-corrected chi connectivity index (χ2v) is 5.40. The summed E-state index contributed by atoms with van der Waals surface area (Å²) in [6.07, 6.45) is 0.0219. The number of morpholine rings is 1. The topological polar surface area (TPSA) is 29.5 Å². The number of halogens is 2. The molecule has 1 atom stereocenters. The van der Waals surface area contributed by atoms with Crippen LogP contribution in [0.2, 0.25) is 0 Å². The molecule has 1 aliphatic rings. The molecule has 1 aliphatic heterocycles. The maximum atomic E-state index is 13.4. The molecule has 0 N–H and O–H groups in total. The number of nitrogens with zero attached hydrogens (tertiary/aromatic N) is 1. The minimum atomic E-state index is -0.505. The second kappa shape index (κ2) is 6.34. The van der Waals surface area contributed by atoms with Gasteiger partial charge in [0.1, 0.15) is 11.6 Å². The predicted octanol–water partition coefficient (Wildman–Crippen LogP) is 2.30. The summed E-state index contributed by atoms with van der Waals surface area (Å²) in [4.78, 5) is 13.8. The second-order valence-electron chi connectivity index (χ2n) is 4.38. The fourth-order valence-corrected chi connectivity index (χ4v) is 2.73. The lowest BCUT2D eigenvalue weighted by Crippen LogP contribution is -2.45. The van der Waals surface area contributed by atoms with Gasteiger partial charge in [0, 0.05) is 18.0 Å². The first kappa shape index (κ1) is 14.3. The zero-order valence-corrected chi connectivity index (χ0v) is 11.4. The van der Waals surface area contributed by atoms with Gasteiger partial charge in [0.25, 0.3) is 0 Å². The average molecular weight is 287 g/mol. The van der Waals surface area contributed by atoms with Crippen LogP contribution in [0.3, 0.4) is 0 Å². The zero-order chi connectivity index (χ0) is 13.8. The Bertz CT molecular complexity index is 470. The van der Waals surface area contributed by atoms with Crippen molar-refractivity contribution in [3.05, 3.63) is 29.8 Å². The van der Waals surface area contributed by atoms with Crippen LogP contribution in [0, 0.1) is 11.6 Å². The van der Waals surface area contributed by atoms with E-state index >= 15 is 0 Å². The minimum Gasteiger partial charge on any atom is -0.375 e. The molecule has 3 nitrogen and oxygen atoms in total. The van der Waals surface area contributed by atoms with Crippen LogP contribution in [0.15, 0.2) is 23.1 Å². The zero-order valence-electron chi connectivity index (χ0n) is 10.6. The standard InChI is InChI=1S/C13H15F2NO2S/c1-9-7-16(4-5-18-9)13(17)8-19-12-6-10(14)2-3-11(12)15/h2-3,6,9H,4-5,7-8H2,1H3/t9-/m1/s1. The summed E-state index contributed by atoms with van der Waals surface area (Å²) < 4.78 is 31.7. The number of ether oxygens (including phenoxy) is 1. The van der Waals surface area contributed by atoms with Gasteiger partial charge in [0.2, 0.25) is 5.91 Å². The normalized spacial score (nSPS) is 19.5. The highest BCUT2D eigenvalue weighted by Gasteiger charge is 2.21. The van der Waals surface area contributed by atoms with E-state index in [1.54, 1.807) is 4.90 Å². The van der Waals surface area contributed by atoms with E-state index in [9.17, 15) is 13.6 Å². The maximum absolute atomic E-state index is 13.4. The van der Waals surface area contributed by atoms with E-state index in [4.69, 9.17) is 4.74 Å². The Hall–Kier alpha value is -1.14. The molecule has 1 saturated heterocycles. The summed E-state index contributed by atoms with van der Waals surface area (Å²) in [6, 6.07) is 3.24. The van der Waals surface area contributed by atoms with Crippen LogP contribution in [0.5, 0.6) is 0 Å². The van der Waals surface area contributed by atoms with Crippen LogP contribution in [0.1, 0.15) is 6.92 Å². The Morgan fingerprint density at radius 1 is 1.53 bits per heavy atom. The number of carbonyl (C=O) groups excluding carboxylic acids is 1. The molecule has 1 heterocycles. The lowest BCUT2D eigenvalue weighted by atomic mass is 10.3. The van der Waals surface area contributed by atoms with Crippen molar-refractivity contribution in [2.24, 2.45) is 0 Å². The van der Waals surface area contributed by atoms with E-state index in [0.717, 1.165) is 30.0 Å². The SMILES string of the molecule is C[C@@H]1CN(C(=O)CSc2cc(F)ccc2F)CCO1. The molecule has 2 rings (SSSR count). The third-order valence-electron chi connectivity index (χ3n) is 2.84. The first-order valence-electron chi connectivity index (χ1n) is 6.03. The fourth-order valence-electron chi connectivity index (χ4n) is 1.86. The summed E-state index contributed by atoms with van der Waals surface area (Å²) in [5, 5.41) is 0. The summed E-state index contributed by atoms with van der Waals surface area (Å²) in [5.74, 6) is -0.984. The van der Waals surface area contributed by atoms with Gasteiger partial charge >= 0.3 is 0 Å². The molecule has 19 heavy (non-hydrogen) atoms. The van der Waals surface area contributed by atoms with Gasteiger partial charge in [-0.3, -0.25) is 4.79 Å². The van der Waals surface area contributed by atoms with Gasteiger partial charge in [0.05, 0.1) is 18.5 Å². The summed E-state index contributed by atoms with van der Waals surface area (Å²) in [7, 11) is 0. The molecule has 1 fully saturated rings. The molecule has 104 valence electrons. The van der Waals surface area contributed by atoms with Gasteiger partial charge < -0.3 is 9.64 Å². The summed E-state index contributed by atoms with van der Waals surface area (Å²) in [5.41, 5.74) is 0. The Kier molecular flexibility index (Phi) is 4.76. The molecule has 0 unspecified atom stereocenters. The molecule has 1 amide bonds. The lowest BCUT2D eigenvalue weighted by molar-refractivity contribution is -0.135. The molecule has 1 aromatic rings. The van der Waals surface area contributed by atoms with Crippen LogP contribution in [0.25, 0.3) is 0 Å². The highest BCUT2D eigenvalue weighted by atomic mass is 32.2. The summed E-state index contributed by atoms with van der Waals surface area (Å²) >= 11 is 1.02. The van der Waals surface area contributed by atoms with E-state index in [0.29, 0.717) is 19.7 Å². The summed E-state index contributed by atoms with van der Waals surface area (Å²) in [6.45, 7) is 3.52. The van der Waals surface area contributed by atoms with E-state index in [-0.39, 0.29) is 22.7 Å². The van der Waals surface area contributed by atoms with Crippen molar-refractivity contribution in [1.82, 2.24) is 4.90 Å². The molecule has 0 aromatic heterocycles. The van der Waals surface area contributed by atoms with Crippen molar-refractivity contribution >= 4 is 17.7 Å². The fraction of sp³-hybridized carbons (Fsp3) is 0.462. The van der Waals surface area contributed by atoms with Crippen molar-refractivity contribution in [2.45, 2.75) is 17.9 Å². The molecular formula is C13H15F2NO2S. The molecule has 1 aromatic carbocycles. The van der Waals surface area contributed by atoms with Crippen molar-refractivity contribution in [1.29, 1.82) is 0 Å². The number of hydrogen-bond acceptors (Lipinski definition) is 3. The van der Waals surface area contributed by atoms with Crippen LogP contribution >= 0.6 is 11.8 Å². The minimum absolute atomic E-state index is 0.0219. The number of carbonyl (C=O) groups is 1. The number of thioether (sulfide) groups is 1. The van der Waals surface area contributed by atoms with E-state index in [1.165, 1.54) is 0 Å². The predicted molar refractivity (Wildman–Crippen MR) is 69.1 cm³/mol. The Morgan fingerprint density at radius 3 is 3.05 bits per heavy atom. The van der Waals surface area contributed by atoms with Crippen LogP contribution in [-0.4, -0.2) is 42.4 Å². The van der Waals surface area contributed by atoms with Crippen LogP contribution in [0.4, 0.5) is 8.78 Å². The molecule has 0 radical (unpaired) electrons. The van der Waals surface area contributed by atoms with Gasteiger partial charge in [-0.25, -0.2) is 8.78 Å². The molecule has 0 aliphatic carbocycles. The van der Waals surface area contributed by atoms with Gasteiger partial charge in [-0.2, -0.15) is 0 Å².